The Hall–Kier alpha value is -2.34. The molecule has 0 spiro atoms. The number of nitrogens with one attached hydrogen (secondary N) is 2. The second-order valence-electron chi connectivity index (χ2n) is 7.74. The molecular weight excluding hydrogens is 383 g/mol. The molecule has 152 valence electrons. The van der Waals surface area contributed by atoms with E-state index < -0.39 is 0 Å². The standard InChI is InChI=1S/C23H27FN4S/c1-15(16-6-4-3-5-7-16)26-20-14-18(12-13-25-20)22-21(27-23(28-22)29-2)17-8-10-19(24)11-9-17/h8-16H,3-7H2,1-2H3,(H,25,26)(H,27,28)/t15-/m0/s1. The van der Waals surface area contributed by atoms with Crippen molar-refractivity contribution in [1.82, 2.24) is 15.0 Å². The SMILES string of the molecule is CSc1nc(-c2ccnc(N[C@@H](C)C3CCCCC3)c2)c(-c2ccc(F)cc2)[nH]1. The number of halogens is 1. The Kier molecular flexibility index (Phi) is 6.19. The summed E-state index contributed by atoms with van der Waals surface area (Å²) in [4.78, 5) is 12.7. The summed E-state index contributed by atoms with van der Waals surface area (Å²) in [5.41, 5.74) is 3.66. The minimum atomic E-state index is -0.244. The van der Waals surface area contributed by atoms with Crippen LogP contribution in [0.4, 0.5) is 10.2 Å². The largest absolute Gasteiger partial charge is 0.367 e. The fourth-order valence-electron chi connectivity index (χ4n) is 4.12. The van der Waals surface area contributed by atoms with Crippen LogP contribution in [0.3, 0.4) is 0 Å². The van der Waals surface area contributed by atoms with E-state index in [1.807, 2.05) is 18.5 Å². The minimum Gasteiger partial charge on any atom is -0.367 e. The zero-order chi connectivity index (χ0) is 20.2. The van der Waals surface area contributed by atoms with Gasteiger partial charge in [0.25, 0.3) is 0 Å². The van der Waals surface area contributed by atoms with E-state index in [1.165, 1.54) is 44.2 Å². The van der Waals surface area contributed by atoms with Crippen molar-refractivity contribution < 1.29 is 4.39 Å². The molecule has 1 aromatic carbocycles. The number of benzene rings is 1. The molecule has 2 aromatic heterocycles. The zero-order valence-electron chi connectivity index (χ0n) is 16.9. The first-order valence-corrected chi connectivity index (χ1v) is 11.5. The number of pyridine rings is 1. The van der Waals surface area contributed by atoms with Crippen molar-refractivity contribution in [2.45, 2.75) is 50.2 Å². The molecule has 1 fully saturated rings. The maximum absolute atomic E-state index is 13.4. The highest BCUT2D eigenvalue weighted by Gasteiger charge is 2.21. The van der Waals surface area contributed by atoms with Gasteiger partial charge in [-0.15, -0.1) is 0 Å². The number of aromatic amines is 1. The molecule has 29 heavy (non-hydrogen) atoms. The van der Waals surface area contributed by atoms with Crippen LogP contribution in [0.1, 0.15) is 39.0 Å². The van der Waals surface area contributed by atoms with Gasteiger partial charge in [-0.25, -0.2) is 14.4 Å². The number of imidazole rings is 1. The average Bonchev–Trinajstić information content (AvgIpc) is 3.20. The molecular formula is C23H27FN4S. The highest BCUT2D eigenvalue weighted by atomic mass is 32.2. The van der Waals surface area contributed by atoms with Gasteiger partial charge in [0.15, 0.2) is 5.16 Å². The van der Waals surface area contributed by atoms with Crippen molar-refractivity contribution in [2.75, 3.05) is 11.6 Å². The van der Waals surface area contributed by atoms with Gasteiger partial charge in [-0.1, -0.05) is 31.0 Å². The number of H-pyrrole nitrogens is 1. The number of rotatable bonds is 6. The van der Waals surface area contributed by atoms with Crippen LogP contribution in [-0.4, -0.2) is 27.2 Å². The Morgan fingerprint density at radius 3 is 2.59 bits per heavy atom. The van der Waals surface area contributed by atoms with Gasteiger partial charge in [0, 0.05) is 23.4 Å². The van der Waals surface area contributed by atoms with Crippen molar-refractivity contribution in [3.63, 3.8) is 0 Å². The predicted molar refractivity (Wildman–Crippen MR) is 119 cm³/mol. The minimum absolute atomic E-state index is 0.244. The summed E-state index contributed by atoms with van der Waals surface area (Å²) in [6.45, 7) is 2.26. The molecule has 0 bridgehead atoms. The summed E-state index contributed by atoms with van der Waals surface area (Å²) in [7, 11) is 0. The van der Waals surface area contributed by atoms with E-state index in [-0.39, 0.29) is 5.82 Å². The predicted octanol–water partition coefficient (Wildman–Crippen LogP) is 6.38. The summed E-state index contributed by atoms with van der Waals surface area (Å²) in [5, 5.41) is 4.44. The molecule has 0 saturated heterocycles. The number of thioether (sulfide) groups is 1. The van der Waals surface area contributed by atoms with E-state index in [9.17, 15) is 4.39 Å². The van der Waals surface area contributed by atoms with E-state index in [4.69, 9.17) is 4.98 Å². The zero-order valence-corrected chi connectivity index (χ0v) is 17.7. The summed E-state index contributed by atoms with van der Waals surface area (Å²) >= 11 is 1.56. The lowest BCUT2D eigenvalue weighted by Crippen LogP contribution is -2.28. The molecule has 4 rings (SSSR count). The topological polar surface area (TPSA) is 53.6 Å². The molecule has 1 atom stereocenters. The third kappa shape index (κ3) is 4.64. The van der Waals surface area contributed by atoms with Gasteiger partial charge in [0.05, 0.1) is 11.4 Å². The third-order valence-electron chi connectivity index (χ3n) is 5.77. The van der Waals surface area contributed by atoms with Gasteiger partial charge in [-0.05, 0) is 68.3 Å². The molecule has 1 aliphatic rings. The molecule has 3 aromatic rings. The van der Waals surface area contributed by atoms with E-state index in [1.54, 1.807) is 23.9 Å². The van der Waals surface area contributed by atoms with Gasteiger partial charge >= 0.3 is 0 Å². The number of nitrogens with zero attached hydrogens (tertiary/aromatic N) is 2. The molecule has 0 radical (unpaired) electrons. The molecule has 1 saturated carbocycles. The van der Waals surface area contributed by atoms with Crippen LogP contribution in [0.25, 0.3) is 22.5 Å². The Morgan fingerprint density at radius 2 is 1.86 bits per heavy atom. The third-order valence-corrected chi connectivity index (χ3v) is 6.35. The highest BCUT2D eigenvalue weighted by molar-refractivity contribution is 7.98. The van der Waals surface area contributed by atoms with Crippen molar-refractivity contribution >= 4 is 17.6 Å². The van der Waals surface area contributed by atoms with Gasteiger partial charge in [0.2, 0.25) is 0 Å². The maximum atomic E-state index is 13.4. The number of anilines is 1. The number of hydrogen-bond donors (Lipinski definition) is 2. The van der Waals surface area contributed by atoms with Crippen LogP contribution in [0, 0.1) is 11.7 Å². The van der Waals surface area contributed by atoms with Gasteiger partial charge in [-0.2, -0.15) is 0 Å². The lowest BCUT2D eigenvalue weighted by atomic mass is 9.84. The molecule has 0 unspecified atom stereocenters. The Labute approximate surface area is 175 Å². The molecule has 6 heteroatoms. The molecule has 2 heterocycles. The second kappa shape index (κ2) is 8.99. The normalized spacial score (nSPS) is 16.0. The Morgan fingerprint density at radius 1 is 1.10 bits per heavy atom. The fraction of sp³-hybridized carbons (Fsp3) is 0.391. The maximum Gasteiger partial charge on any atom is 0.166 e. The van der Waals surface area contributed by atoms with Crippen molar-refractivity contribution in [2.24, 2.45) is 5.92 Å². The summed E-state index contributed by atoms with van der Waals surface area (Å²) in [6.07, 6.45) is 10.4. The van der Waals surface area contributed by atoms with E-state index in [0.29, 0.717) is 12.0 Å². The quantitative estimate of drug-likeness (QED) is 0.463. The van der Waals surface area contributed by atoms with Crippen LogP contribution < -0.4 is 5.32 Å². The first-order valence-electron chi connectivity index (χ1n) is 10.3. The highest BCUT2D eigenvalue weighted by Crippen LogP contribution is 2.33. The summed E-state index contributed by atoms with van der Waals surface area (Å²) < 4.78 is 13.4. The van der Waals surface area contributed by atoms with Crippen LogP contribution in [0.2, 0.25) is 0 Å². The smallest absolute Gasteiger partial charge is 0.166 e. The van der Waals surface area contributed by atoms with Gasteiger partial charge in [-0.3, -0.25) is 0 Å². The van der Waals surface area contributed by atoms with Crippen LogP contribution in [0.15, 0.2) is 47.8 Å². The molecule has 1 aliphatic carbocycles. The first-order chi connectivity index (χ1) is 14.1. The number of aromatic nitrogens is 3. The lowest BCUT2D eigenvalue weighted by Gasteiger charge is -2.28. The first kappa shape index (κ1) is 20.0. The second-order valence-corrected chi connectivity index (χ2v) is 8.53. The lowest BCUT2D eigenvalue weighted by molar-refractivity contribution is 0.328. The van der Waals surface area contributed by atoms with Crippen molar-refractivity contribution in [3.8, 4) is 22.5 Å². The molecule has 0 aliphatic heterocycles. The van der Waals surface area contributed by atoms with Crippen LogP contribution in [-0.2, 0) is 0 Å². The van der Waals surface area contributed by atoms with E-state index >= 15 is 0 Å². The van der Waals surface area contributed by atoms with Crippen LogP contribution >= 0.6 is 11.8 Å². The molecule has 2 N–H and O–H groups in total. The fourth-order valence-corrected chi connectivity index (χ4v) is 4.51. The van der Waals surface area contributed by atoms with Crippen molar-refractivity contribution in [3.05, 3.63) is 48.4 Å². The van der Waals surface area contributed by atoms with E-state index in [0.717, 1.165) is 33.5 Å². The monoisotopic (exact) mass is 410 g/mol. The number of hydrogen-bond acceptors (Lipinski definition) is 4. The molecule has 4 nitrogen and oxygen atoms in total. The Bertz CT molecular complexity index is 948. The Balaban J connectivity index is 1.62. The van der Waals surface area contributed by atoms with Crippen LogP contribution in [0.5, 0.6) is 0 Å². The average molecular weight is 411 g/mol. The summed E-state index contributed by atoms with van der Waals surface area (Å²) in [5.74, 6) is 1.34. The molecule has 0 amide bonds. The van der Waals surface area contributed by atoms with Crippen molar-refractivity contribution in [1.29, 1.82) is 0 Å². The van der Waals surface area contributed by atoms with E-state index in [2.05, 4.69) is 28.3 Å². The van der Waals surface area contributed by atoms with Gasteiger partial charge in [0.1, 0.15) is 11.6 Å². The van der Waals surface area contributed by atoms with Gasteiger partial charge < -0.3 is 10.3 Å². The summed E-state index contributed by atoms with van der Waals surface area (Å²) in [6, 6.07) is 10.9.